The van der Waals surface area contributed by atoms with E-state index in [9.17, 15) is 4.79 Å². The predicted molar refractivity (Wildman–Crippen MR) is 178 cm³/mol. The van der Waals surface area contributed by atoms with Gasteiger partial charge in [-0.1, -0.05) is 23.8 Å². The SMILES string of the molecule is C=C1CN2CCC[C@@]2(COc2nc3c4cnc(c(F)c4n2)-c2c(c(Cl)cc4[nH]ncc24)CCCCC(=O)N2CC[C@@H]4CCN3C[C@@H]42)C1. The molecule has 244 valence electrons. The molecule has 6 aliphatic rings. The highest BCUT2D eigenvalue weighted by atomic mass is 35.5. The number of aromatic amines is 1. The van der Waals surface area contributed by atoms with Crippen LogP contribution in [-0.4, -0.2) is 91.8 Å². The summed E-state index contributed by atoms with van der Waals surface area (Å²) < 4.78 is 23.6. The molecule has 1 N–H and O–H groups in total. The van der Waals surface area contributed by atoms with Crippen molar-refractivity contribution in [3.8, 4) is 17.3 Å². The Kier molecular flexibility index (Phi) is 6.94. The number of ether oxygens (including phenoxy) is 1. The van der Waals surface area contributed by atoms with Gasteiger partial charge in [-0.05, 0) is 75.5 Å². The molecule has 4 fully saturated rings. The second-order valence-electron chi connectivity index (χ2n) is 14.2. The van der Waals surface area contributed by atoms with E-state index >= 15 is 4.39 Å². The van der Waals surface area contributed by atoms with Crippen LogP contribution in [0.3, 0.4) is 0 Å². The summed E-state index contributed by atoms with van der Waals surface area (Å²) in [5.41, 5.74) is 3.53. The summed E-state index contributed by atoms with van der Waals surface area (Å²) >= 11 is 6.87. The highest BCUT2D eigenvalue weighted by molar-refractivity contribution is 6.33. The molecule has 1 amide bonds. The number of anilines is 1. The average Bonchev–Trinajstić information content (AvgIpc) is 3.85. The quantitative estimate of drug-likeness (QED) is 0.281. The molecule has 1 aromatic carbocycles. The Labute approximate surface area is 277 Å². The fraction of sp³-hybridized carbons (Fsp3) is 0.514. The third kappa shape index (κ3) is 4.71. The molecule has 10 nitrogen and oxygen atoms in total. The van der Waals surface area contributed by atoms with Crippen molar-refractivity contribution in [3.05, 3.63) is 47.0 Å². The van der Waals surface area contributed by atoms with Gasteiger partial charge in [0, 0.05) is 54.8 Å². The minimum absolute atomic E-state index is 0.0931. The third-order valence-electron chi connectivity index (χ3n) is 11.4. The molecule has 9 heterocycles. The lowest BCUT2D eigenvalue weighted by atomic mass is 9.91. The number of carbonyl (C=O) groups is 1. The number of aromatic nitrogens is 5. The van der Waals surface area contributed by atoms with Crippen molar-refractivity contribution in [1.82, 2.24) is 34.9 Å². The van der Waals surface area contributed by atoms with Crippen molar-refractivity contribution in [2.24, 2.45) is 5.92 Å². The molecule has 0 saturated carbocycles. The van der Waals surface area contributed by atoms with E-state index in [0.29, 0.717) is 59.2 Å². The molecule has 10 rings (SSSR count). The summed E-state index contributed by atoms with van der Waals surface area (Å²) in [4.78, 5) is 34.8. The maximum Gasteiger partial charge on any atom is 0.319 e. The van der Waals surface area contributed by atoms with Crippen LogP contribution in [0.2, 0.25) is 5.02 Å². The topological polar surface area (TPSA) is 103 Å². The van der Waals surface area contributed by atoms with E-state index in [0.717, 1.165) is 82.1 Å². The molecular formula is C35H38ClFN8O2. The van der Waals surface area contributed by atoms with Gasteiger partial charge in [0.05, 0.1) is 28.7 Å². The molecule has 3 atom stereocenters. The van der Waals surface area contributed by atoms with Crippen LogP contribution in [0.5, 0.6) is 6.01 Å². The predicted octanol–water partition coefficient (Wildman–Crippen LogP) is 5.69. The van der Waals surface area contributed by atoms with Crippen molar-refractivity contribution in [1.29, 1.82) is 0 Å². The van der Waals surface area contributed by atoms with Gasteiger partial charge in [0.15, 0.2) is 5.82 Å². The van der Waals surface area contributed by atoms with Gasteiger partial charge in [0.25, 0.3) is 0 Å². The van der Waals surface area contributed by atoms with Gasteiger partial charge in [-0.25, -0.2) is 4.39 Å². The van der Waals surface area contributed by atoms with Crippen molar-refractivity contribution in [3.63, 3.8) is 0 Å². The number of nitrogens with zero attached hydrogens (tertiary/aromatic N) is 7. The van der Waals surface area contributed by atoms with Crippen LogP contribution in [0.4, 0.5) is 10.2 Å². The number of hydrogen-bond donors (Lipinski definition) is 1. The van der Waals surface area contributed by atoms with Gasteiger partial charge >= 0.3 is 6.01 Å². The molecule has 0 radical (unpaired) electrons. The van der Waals surface area contributed by atoms with Gasteiger partial charge in [-0.2, -0.15) is 15.1 Å². The zero-order valence-electron chi connectivity index (χ0n) is 26.4. The number of rotatable bonds is 3. The second-order valence-corrected chi connectivity index (χ2v) is 14.6. The number of amides is 1. The minimum atomic E-state index is -0.531. The Balaban J connectivity index is 1.21. The Morgan fingerprint density at radius 2 is 1.98 bits per heavy atom. The van der Waals surface area contributed by atoms with E-state index in [4.69, 9.17) is 31.3 Å². The maximum absolute atomic E-state index is 17.1. The molecule has 6 aliphatic heterocycles. The summed E-state index contributed by atoms with van der Waals surface area (Å²) in [7, 11) is 0. The Hall–Kier alpha value is -3.83. The molecule has 6 bridgehead atoms. The van der Waals surface area contributed by atoms with E-state index in [1.807, 2.05) is 6.07 Å². The number of pyridine rings is 1. The number of benzene rings is 1. The van der Waals surface area contributed by atoms with Crippen LogP contribution in [0.25, 0.3) is 33.1 Å². The maximum atomic E-state index is 17.1. The van der Waals surface area contributed by atoms with E-state index in [1.54, 1.807) is 12.4 Å². The fourth-order valence-electron chi connectivity index (χ4n) is 9.13. The number of piperidine rings is 1. The zero-order valence-corrected chi connectivity index (χ0v) is 27.2. The first-order chi connectivity index (χ1) is 22.9. The normalized spacial score (nSPS) is 26.3. The van der Waals surface area contributed by atoms with Crippen LogP contribution in [0.1, 0.15) is 56.9 Å². The molecule has 3 aromatic heterocycles. The lowest BCUT2D eigenvalue weighted by Gasteiger charge is -2.39. The molecule has 4 saturated heterocycles. The highest BCUT2D eigenvalue weighted by Crippen LogP contribution is 2.43. The first-order valence-electron chi connectivity index (χ1n) is 17.0. The first-order valence-corrected chi connectivity index (χ1v) is 17.4. The van der Waals surface area contributed by atoms with Gasteiger partial charge < -0.3 is 14.5 Å². The van der Waals surface area contributed by atoms with E-state index in [1.165, 1.54) is 5.57 Å². The molecule has 12 heteroatoms. The fourth-order valence-corrected chi connectivity index (χ4v) is 9.43. The number of nitrogens with one attached hydrogen (secondary N) is 1. The van der Waals surface area contributed by atoms with Crippen LogP contribution in [0, 0.1) is 11.7 Å². The molecule has 47 heavy (non-hydrogen) atoms. The zero-order chi connectivity index (χ0) is 31.9. The smallest absolute Gasteiger partial charge is 0.319 e. The summed E-state index contributed by atoms with van der Waals surface area (Å²) in [5.74, 6) is 0.723. The highest BCUT2D eigenvalue weighted by Gasteiger charge is 2.47. The second kappa shape index (κ2) is 11.1. The van der Waals surface area contributed by atoms with Crippen LogP contribution < -0.4 is 9.64 Å². The van der Waals surface area contributed by atoms with Crippen molar-refractivity contribution >= 4 is 45.1 Å². The van der Waals surface area contributed by atoms with E-state index < -0.39 is 5.82 Å². The van der Waals surface area contributed by atoms with Crippen molar-refractivity contribution in [2.75, 3.05) is 44.2 Å². The standard InChI is InChI=1S/C35H38ClFN8O2/c1-20-14-35(9-4-10-44(35)17-20)19-47-34-40-31-24-15-38-32(30(31)37)29-22(25(36)13-26-23(29)16-39-42-26)5-2-3-6-28(46)45-12-8-21-7-11-43(18-27(21)45)33(24)41-34/h13,15-16,21,27H,1-12,14,17-19H2,(H,39,42)/t21-,27-,35-/m0/s1. The lowest BCUT2D eigenvalue weighted by molar-refractivity contribution is -0.132. The van der Waals surface area contributed by atoms with Gasteiger partial charge in [-0.3, -0.25) is 19.8 Å². The van der Waals surface area contributed by atoms with E-state index in [2.05, 4.69) is 31.5 Å². The van der Waals surface area contributed by atoms with Gasteiger partial charge in [0.2, 0.25) is 5.91 Å². The summed E-state index contributed by atoms with van der Waals surface area (Å²) in [6, 6.07) is 2.08. The van der Waals surface area contributed by atoms with Crippen molar-refractivity contribution in [2.45, 2.75) is 69.4 Å². The third-order valence-corrected chi connectivity index (χ3v) is 11.8. The number of hydrogen-bond acceptors (Lipinski definition) is 8. The molecular weight excluding hydrogens is 619 g/mol. The molecule has 0 aliphatic carbocycles. The minimum Gasteiger partial charge on any atom is -0.461 e. The lowest BCUT2D eigenvalue weighted by Crippen LogP contribution is -2.50. The number of fused-ring (bicyclic) bond motifs is 7. The van der Waals surface area contributed by atoms with Gasteiger partial charge in [0.1, 0.15) is 23.6 Å². The van der Waals surface area contributed by atoms with Gasteiger partial charge in [-0.15, -0.1) is 0 Å². The Morgan fingerprint density at radius 3 is 2.89 bits per heavy atom. The summed E-state index contributed by atoms with van der Waals surface area (Å²) in [6.45, 7) is 8.74. The largest absolute Gasteiger partial charge is 0.461 e. The molecule has 0 unspecified atom stereocenters. The summed E-state index contributed by atoms with van der Waals surface area (Å²) in [5, 5.41) is 9.01. The number of carbonyl (C=O) groups excluding carboxylic acids is 1. The number of halogens is 2. The Bertz CT molecular complexity index is 1950. The van der Waals surface area contributed by atoms with Crippen LogP contribution >= 0.6 is 11.6 Å². The van der Waals surface area contributed by atoms with E-state index in [-0.39, 0.29) is 34.7 Å². The monoisotopic (exact) mass is 656 g/mol. The van der Waals surface area contributed by atoms with Crippen molar-refractivity contribution < 1.29 is 13.9 Å². The summed E-state index contributed by atoms with van der Waals surface area (Å²) in [6.07, 6.45) is 10.9. The average molecular weight is 657 g/mol. The Morgan fingerprint density at radius 1 is 1.11 bits per heavy atom. The first kappa shape index (κ1) is 29.3. The molecule has 4 aromatic rings. The number of H-pyrrole nitrogens is 1. The van der Waals surface area contributed by atoms with Crippen LogP contribution in [0.15, 0.2) is 30.6 Å². The van der Waals surface area contributed by atoms with Crippen LogP contribution in [-0.2, 0) is 11.2 Å². The molecule has 0 spiro atoms.